The van der Waals surface area contributed by atoms with Crippen molar-refractivity contribution in [2.75, 3.05) is 40.9 Å². The lowest BCUT2D eigenvalue weighted by molar-refractivity contribution is -0.870. The highest BCUT2D eigenvalue weighted by atomic mass is 31.2. The molecule has 0 aromatic heterocycles. The summed E-state index contributed by atoms with van der Waals surface area (Å²) < 4.78 is 23.2. The maximum Gasteiger partial charge on any atom is 0.268 e. The molecule has 0 rings (SSSR count). The standard InChI is InChI=1S/C61H115N2O7P/c1-6-8-10-12-14-16-18-20-21-22-23-24-25-26-27-28-29-30-31-32-33-34-35-36-37-38-39-40-41-42-44-46-48-50-52-54-60(65)62-58(57-70-71(67,68)69-56-55-63(3,4)5)61(66)59(64)53-51-49-47-45-43-19-17-15-13-11-9-7-2/h8,10,14,16,20-21,23-24,45,47,58-59,61,64,66H,6-7,9,11-13,15,17-19,22,25-44,46,48-57H2,1-5H3,(H-,62,65,67,68)/b10-8-,16-14-,21-20-,24-23-,47-45+. The van der Waals surface area contributed by atoms with E-state index in [0.717, 1.165) is 57.8 Å². The van der Waals surface area contributed by atoms with Gasteiger partial charge >= 0.3 is 0 Å². The van der Waals surface area contributed by atoms with Gasteiger partial charge in [0.25, 0.3) is 7.82 Å². The Hall–Kier alpha value is -1.84. The van der Waals surface area contributed by atoms with E-state index in [0.29, 0.717) is 30.3 Å². The molecule has 0 aliphatic heterocycles. The van der Waals surface area contributed by atoms with Gasteiger partial charge in [-0.25, -0.2) is 0 Å². The third-order valence-electron chi connectivity index (χ3n) is 13.3. The monoisotopic (exact) mass is 1020 g/mol. The van der Waals surface area contributed by atoms with E-state index in [4.69, 9.17) is 9.05 Å². The maximum atomic E-state index is 13.0. The zero-order valence-corrected chi connectivity index (χ0v) is 47.9. The van der Waals surface area contributed by atoms with Gasteiger partial charge in [0.1, 0.15) is 19.3 Å². The van der Waals surface area contributed by atoms with Gasteiger partial charge in [-0.05, 0) is 77.0 Å². The van der Waals surface area contributed by atoms with Crippen molar-refractivity contribution in [3.05, 3.63) is 60.8 Å². The Kier molecular flexibility index (Phi) is 50.3. The van der Waals surface area contributed by atoms with Gasteiger partial charge in [0, 0.05) is 6.42 Å². The molecule has 0 aromatic rings. The smallest absolute Gasteiger partial charge is 0.268 e. The van der Waals surface area contributed by atoms with Gasteiger partial charge in [-0.3, -0.25) is 9.36 Å². The van der Waals surface area contributed by atoms with Crippen molar-refractivity contribution in [1.29, 1.82) is 0 Å². The minimum atomic E-state index is -4.68. The van der Waals surface area contributed by atoms with Crippen LogP contribution in [-0.4, -0.2) is 79.8 Å². The largest absolute Gasteiger partial charge is 0.756 e. The first-order chi connectivity index (χ1) is 34.4. The van der Waals surface area contributed by atoms with Gasteiger partial charge in [-0.1, -0.05) is 242 Å². The molecule has 4 unspecified atom stereocenters. The van der Waals surface area contributed by atoms with Crippen LogP contribution in [0.25, 0.3) is 0 Å². The summed E-state index contributed by atoms with van der Waals surface area (Å²) in [5.41, 5.74) is 0. The molecule has 0 bridgehead atoms. The van der Waals surface area contributed by atoms with Gasteiger partial charge in [0.2, 0.25) is 5.91 Å². The van der Waals surface area contributed by atoms with Crippen molar-refractivity contribution in [2.24, 2.45) is 0 Å². The molecule has 9 nitrogen and oxygen atoms in total. The van der Waals surface area contributed by atoms with Gasteiger partial charge in [-0.15, -0.1) is 0 Å². The highest BCUT2D eigenvalue weighted by Crippen LogP contribution is 2.38. The number of phosphoric ester groups is 1. The SMILES string of the molecule is CC/C=C\C/C=C\C/C=C\C/C=C\CCCCCCCCCCCCCCCCCCCCCCCCC(=O)NC(COP(=O)([O-])OCC[N+](C)(C)C)C(O)C(O)CCC/C=C/CCCCCCCCC. The van der Waals surface area contributed by atoms with Crippen LogP contribution in [0, 0.1) is 0 Å². The number of phosphoric acid groups is 1. The molecule has 0 aromatic carbocycles. The number of nitrogens with one attached hydrogen (secondary N) is 1. The molecule has 0 heterocycles. The van der Waals surface area contributed by atoms with E-state index in [1.165, 1.54) is 167 Å². The van der Waals surface area contributed by atoms with Gasteiger partial charge in [0.05, 0.1) is 39.9 Å². The average Bonchev–Trinajstić information content (AvgIpc) is 3.33. The lowest BCUT2D eigenvalue weighted by Crippen LogP contribution is -2.51. The fourth-order valence-corrected chi connectivity index (χ4v) is 9.38. The normalized spacial score (nSPS) is 14.8. The number of carbonyl (C=O) groups excluding carboxylic acids is 1. The summed E-state index contributed by atoms with van der Waals surface area (Å²) in [6.45, 7) is 4.31. The fourth-order valence-electron chi connectivity index (χ4n) is 8.66. The Bertz CT molecular complexity index is 1360. The lowest BCUT2D eigenvalue weighted by atomic mass is 10.0. The molecule has 0 aliphatic rings. The summed E-state index contributed by atoms with van der Waals surface area (Å²) in [6, 6.07) is -1.09. The minimum Gasteiger partial charge on any atom is -0.756 e. The minimum absolute atomic E-state index is 0.0458. The molecule has 416 valence electrons. The lowest BCUT2D eigenvalue weighted by Gasteiger charge is -2.31. The first kappa shape index (κ1) is 69.2. The fraction of sp³-hybridized carbons (Fsp3) is 0.820. The molecule has 0 fully saturated rings. The Balaban J connectivity index is 4.03. The number of likely N-dealkylation sites (N-methyl/N-ethyl adjacent to an activating group) is 1. The Morgan fingerprint density at radius 2 is 0.887 bits per heavy atom. The van der Waals surface area contributed by atoms with Crippen LogP contribution >= 0.6 is 7.82 Å². The van der Waals surface area contributed by atoms with E-state index in [1.54, 1.807) is 0 Å². The number of hydrogen-bond acceptors (Lipinski definition) is 7. The number of quaternary nitrogens is 1. The van der Waals surface area contributed by atoms with Crippen LogP contribution < -0.4 is 10.2 Å². The summed E-state index contributed by atoms with van der Waals surface area (Å²) in [6.07, 6.45) is 66.0. The highest BCUT2D eigenvalue weighted by molar-refractivity contribution is 7.45. The third-order valence-corrected chi connectivity index (χ3v) is 14.3. The molecule has 3 N–H and O–H groups in total. The van der Waals surface area contributed by atoms with Crippen LogP contribution in [0.2, 0.25) is 0 Å². The molecule has 0 aliphatic carbocycles. The van der Waals surface area contributed by atoms with Gasteiger partial charge < -0.3 is 34.0 Å². The number of aliphatic hydroxyl groups is 2. The van der Waals surface area contributed by atoms with E-state index in [1.807, 2.05) is 21.1 Å². The van der Waals surface area contributed by atoms with Crippen molar-refractivity contribution in [3.63, 3.8) is 0 Å². The molecule has 71 heavy (non-hydrogen) atoms. The average molecular weight is 1020 g/mol. The molecule has 4 atom stereocenters. The van der Waals surface area contributed by atoms with Crippen LogP contribution in [0.3, 0.4) is 0 Å². The highest BCUT2D eigenvalue weighted by Gasteiger charge is 2.29. The van der Waals surface area contributed by atoms with E-state index in [9.17, 15) is 24.5 Å². The predicted molar refractivity (Wildman–Crippen MR) is 303 cm³/mol. The molecule has 0 radical (unpaired) electrons. The summed E-state index contributed by atoms with van der Waals surface area (Å²) in [4.78, 5) is 25.5. The van der Waals surface area contributed by atoms with E-state index < -0.39 is 32.7 Å². The third kappa shape index (κ3) is 52.8. The topological polar surface area (TPSA) is 128 Å². The quantitative estimate of drug-likeness (QED) is 0.0240. The number of hydrogen-bond donors (Lipinski definition) is 3. The van der Waals surface area contributed by atoms with Crippen LogP contribution in [0.5, 0.6) is 0 Å². The van der Waals surface area contributed by atoms with Crippen LogP contribution in [0.15, 0.2) is 60.8 Å². The molecular weight excluding hydrogens is 904 g/mol. The van der Waals surface area contributed by atoms with E-state index in [-0.39, 0.29) is 18.9 Å². The van der Waals surface area contributed by atoms with Gasteiger partial charge in [-0.2, -0.15) is 0 Å². The first-order valence-corrected chi connectivity index (χ1v) is 31.2. The second-order valence-electron chi connectivity index (χ2n) is 21.5. The zero-order valence-electron chi connectivity index (χ0n) is 47.0. The zero-order chi connectivity index (χ0) is 52.2. The van der Waals surface area contributed by atoms with Gasteiger partial charge in [0.15, 0.2) is 0 Å². The molecule has 0 spiro atoms. The predicted octanol–water partition coefficient (Wildman–Crippen LogP) is 16.4. The van der Waals surface area contributed by atoms with Crippen LogP contribution in [0.1, 0.15) is 264 Å². The summed E-state index contributed by atoms with van der Waals surface area (Å²) in [5.74, 6) is -0.286. The second-order valence-corrected chi connectivity index (χ2v) is 22.9. The van der Waals surface area contributed by atoms with Crippen molar-refractivity contribution < 1.29 is 38.0 Å². The molecule has 0 saturated heterocycles. The van der Waals surface area contributed by atoms with Crippen molar-refractivity contribution >= 4 is 13.7 Å². The molecule has 1 amide bonds. The van der Waals surface area contributed by atoms with Crippen molar-refractivity contribution in [3.8, 4) is 0 Å². The van der Waals surface area contributed by atoms with Crippen LogP contribution in [-0.2, 0) is 18.4 Å². The number of aliphatic hydroxyl groups excluding tert-OH is 2. The van der Waals surface area contributed by atoms with Crippen molar-refractivity contribution in [2.45, 2.75) is 283 Å². The Morgan fingerprint density at radius 1 is 0.521 bits per heavy atom. The molecule has 10 heteroatoms. The first-order valence-electron chi connectivity index (χ1n) is 29.7. The Morgan fingerprint density at radius 3 is 1.31 bits per heavy atom. The number of carbonyl (C=O) groups is 1. The number of allylic oxidation sites excluding steroid dienone is 10. The Labute approximate surface area is 439 Å². The molecular formula is C61H115N2O7P. The maximum absolute atomic E-state index is 13.0. The number of rotatable bonds is 54. The summed E-state index contributed by atoms with van der Waals surface area (Å²) in [5, 5.41) is 24.7. The van der Waals surface area contributed by atoms with Crippen LogP contribution in [0.4, 0.5) is 0 Å². The number of amides is 1. The van der Waals surface area contributed by atoms with Crippen molar-refractivity contribution in [1.82, 2.24) is 5.32 Å². The summed E-state index contributed by atoms with van der Waals surface area (Å²) in [7, 11) is 1.11. The molecule has 0 saturated carbocycles. The van der Waals surface area contributed by atoms with E-state index in [2.05, 4.69) is 79.9 Å². The number of unbranched alkanes of at least 4 members (excludes halogenated alkanes) is 30. The number of nitrogens with zero attached hydrogens (tertiary/aromatic N) is 1. The van der Waals surface area contributed by atoms with E-state index >= 15 is 0 Å². The summed E-state index contributed by atoms with van der Waals surface area (Å²) >= 11 is 0. The second kappa shape index (κ2) is 51.6.